The first-order chi connectivity index (χ1) is 9.04. The summed E-state index contributed by atoms with van der Waals surface area (Å²) in [6, 6.07) is 10.9. The number of halogens is 1. The number of hydrogen-bond acceptors (Lipinski definition) is 2. The highest BCUT2D eigenvalue weighted by Crippen LogP contribution is 2.17. The van der Waals surface area contributed by atoms with Crippen LogP contribution in [0.3, 0.4) is 0 Å². The lowest BCUT2D eigenvalue weighted by molar-refractivity contribution is 0.262. The molecule has 98 valence electrons. The predicted octanol–water partition coefficient (Wildman–Crippen LogP) is 3.36. The van der Waals surface area contributed by atoms with E-state index in [-0.39, 0.29) is 5.69 Å². The van der Waals surface area contributed by atoms with Crippen LogP contribution in [0.2, 0.25) is 0 Å². The minimum atomic E-state index is -0.570. The van der Waals surface area contributed by atoms with E-state index in [1.54, 1.807) is 6.07 Å². The molecule has 0 heterocycles. The Morgan fingerprint density at radius 2 is 1.95 bits per heavy atom. The SMILES string of the molecule is Cc1cccc(NC(=O)Nc2ccc(N)cc2F)c1. The lowest BCUT2D eigenvalue weighted by Crippen LogP contribution is -2.20. The fourth-order valence-electron chi connectivity index (χ4n) is 1.64. The highest BCUT2D eigenvalue weighted by atomic mass is 19.1. The molecule has 19 heavy (non-hydrogen) atoms. The number of nitrogen functional groups attached to an aromatic ring is 1. The highest BCUT2D eigenvalue weighted by Gasteiger charge is 2.07. The van der Waals surface area contributed by atoms with Crippen LogP contribution in [-0.4, -0.2) is 6.03 Å². The standard InChI is InChI=1S/C14H14FN3O/c1-9-3-2-4-11(7-9)17-14(19)18-13-6-5-10(16)8-12(13)15/h2-8H,16H2,1H3,(H2,17,18,19). The lowest BCUT2D eigenvalue weighted by atomic mass is 10.2. The molecule has 0 saturated carbocycles. The largest absolute Gasteiger partial charge is 0.399 e. The van der Waals surface area contributed by atoms with Crippen LogP contribution >= 0.6 is 0 Å². The second-order valence-corrected chi connectivity index (χ2v) is 4.19. The number of anilines is 3. The molecular formula is C14H14FN3O. The van der Waals surface area contributed by atoms with Crippen molar-refractivity contribution in [3.63, 3.8) is 0 Å². The van der Waals surface area contributed by atoms with E-state index in [9.17, 15) is 9.18 Å². The van der Waals surface area contributed by atoms with Crippen molar-refractivity contribution in [1.82, 2.24) is 0 Å². The second kappa shape index (κ2) is 5.39. The maximum Gasteiger partial charge on any atom is 0.323 e. The molecule has 0 radical (unpaired) electrons. The van der Waals surface area contributed by atoms with Crippen molar-refractivity contribution in [1.29, 1.82) is 0 Å². The molecule has 0 spiro atoms. The average Bonchev–Trinajstić information content (AvgIpc) is 2.33. The van der Waals surface area contributed by atoms with Crippen molar-refractivity contribution < 1.29 is 9.18 Å². The summed E-state index contributed by atoms with van der Waals surface area (Å²) in [6.45, 7) is 1.92. The monoisotopic (exact) mass is 259 g/mol. The number of benzene rings is 2. The molecule has 2 amide bonds. The first-order valence-corrected chi connectivity index (χ1v) is 5.74. The van der Waals surface area contributed by atoms with E-state index in [2.05, 4.69) is 10.6 Å². The van der Waals surface area contributed by atoms with Crippen molar-refractivity contribution in [2.75, 3.05) is 16.4 Å². The van der Waals surface area contributed by atoms with Gasteiger partial charge in [0.25, 0.3) is 0 Å². The quantitative estimate of drug-likeness (QED) is 0.724. The summed E-state index contributed by atoms with van der Waals surface area (Å²) in [5.41, 5.74) is 7.49. The van der Waals surface area contributed by atoms with Gasteiger partial charge >= 0.3 is 6.03 Å². The Hall–Kier alpha value is -2.56. The van der Waals surface area contributed by atoms with E-state index in [1.165, 1.54) is 12.1 Å². The van der Waals surface area contributed by atoms with Gasteiger partial charge in [0.15, 0.2) is 0 Å². The van der Waals surface area contributed by atoms with Gasteiger partial charge in [0.05, 0.1) is 5.69 Å². The van der Waals surface area contributed by atoms with Gasteiger partial charge in [-0.15, -0.1) is 0 Å². The van der Waals surface area contributed by atoms with Gasteiger partial charge in [0.2, 0.25) is 0 Å². The molecule has 0 aliphatic rings. The first-order valence-electron chi connectivity index (χ1n) is 5.74. The van der Waals surface area contributed by atoms with E-state index < -0.39 is 11.8 Å². The molecule has 0 aliphatic heterocycles. The Morgan fingerprint density at radius 3 is 2.63 bits per heavy atom. The molecule has 4 nitrogen and oxygen atoms in total. The fourth-order valence-corrected chi connectivity index (χ4v) is 1.64. The zero-order valence-electron chi connectivity index (χ0n) is 10.4. The Bertz CT molecular complexity index is 613. The van der Waals surface area contributed by atoms with Gasteiger partial charge in [-0.25, -0.2) is 9.18 Å². The van der Waals surface area contributed by atoms with Crippen molar-refractivity contribution in [2.45, 2.75) is 6.92 Å². The molecule has 0 aliphatic carbocycles. The van der Waals surface area contributed by atoms with Gasteiger partial charge in [0, 0.05) is 11.4 Å². The minimum Gasteiger partial charge on any atom is -0.399 e. The number of nitrogens with one attached hydrogen (secondary N) is 2. The van der Waals surface area contributed by atoms with Gasteiger partial charge in [-0.1, -0.05) is 12.1 Å². The number of amides is 2. The first kappa shape index (κ1) is 12.9. The summed E-state index contributed by atoms with van der Waals surface area (Å²) >= 11 is 0. The molecule has 0 aromatic heterocycles. The van der Waals surface area contributed by atoms with Crippen LogP contribution in [0.4, 0.5) is 26.2 Å². The zero-order valence-corrected chi connectivity index (χ0v) is 10.4. The summed E-state index contributed by atoms with van der Waals surface area (Å²) in [6.07, 6.45) is 0. The number of carbonyl (C=O) groups excluding carboxylic acids is 1. The van der Waals surface area contributed by atoms with Crippen LogP contribution in [0, 0.1) is 12.7 Å². The number of carbonyl (C=O) groups is 1. The molecular weight excluding hydrogens is 245 g/mol. The molecule has 2 rings (SSSR count). The molecule has 0 bridgehead atoms. The van der Waals surface area contributed by atoms with Crippen molar-refractivity contribution in [2.24, 2.45) is 0 Å². The van der Waals surface area contributed by atoms with E-state index in [0.29, 0.717) is 11.4 Å². The van der Waals surface area contributed by atoms with Crippen LogP contribution < -0.4 is 16.4 Å². The van der Waals surface area contributed by atoms with E-state index >= 15 is 0 Å². The maximum absolute atomic E-state index is 13.5. The summed E-state index contributed by atoms with van der Waals surface area (Å²) in [4.78, 5) is 11.7. The fraction of sp³-hybridized carbons (Fsp3) is 0.0714. The molecule has 0 fully saturated rings. The van der Waals surface area contributed by atoms with Crippen molar-refractivity contribution in [3.05, 3.63) is 53.8 Å². The maximum atomic E-state index is 13.5. The van der Waals surface area contributed by atoms with E-state index in [4.69, 9.17) is 5.73 Å². The normalized spacial score (nSPS) is 10.0. The van der Waals surface area contributed by atoms with E-state index in [0.717, 1.165) is 11.6 Å². The van der Waals surface area contributed by atoms with Crippen LogP contribution in [0.5, 0.6) is 0 Å². The molecule has 2 aromatic rings. The van der Waals surface area contributed by atoms with Gasteiger partial charge < -0.3 is 16.4 Å². The average molecular weight is 259 g/mol. The predicted molar refractivity (Wildman–Crippen MR) is 74.6 cm³/mol. The van der Waals surface area contributed by atoms with Crippen LogP contribution in [-0.2, 0) is 0 Å². The number of hydrogen-bond donors (Lipinski definition) is 3. The van der Waals surface area contributed by atoms with Gasteiger partial charge in [-0.2, -0.15) is 0 Å². The van der Waals surface area contributed by atoms with Crippen molar-refractivity contribution >= 4 is 23.1 Å². The summed E-state index contributed by atoms with van der Waals surface area (Å²) in [5.74, 6) is -0.570. The Kier molecular flexibility index (Phi) is 3.66. The van der Waals surface area contributed by atoms with E-state index in [1.807, 2.05) is 25.1 Å². The topological polar surface area (TPSA) is 67.2 Å². The highest BCUT2D eigenvalue weighted by molar-refractivity contribution is 5.99. The van der Waals surface area contributed by atoms with Crippen LogP contribution in [0.15, 0.2) is 42.5 Å². The van der Waals surface area contributed by atoms with Gasteiger partial charge in [-0.3, -0.25) is 0 Å². The van der Waals surface area contributed by atoms with Gasteiger partial charge in [0.1, 0.15) is 5.82 Å². The number of nitrogens with two attached hydrogens (primary N) is 1. The molecule has 5 heteroatoms. The zero-order chi connectivity index (χ0) is 13.8. The third-order valence-corrected chi connectivity index (χ3v) is 2.52. The number of rotatable bonds is 2. The third kappa shape index (κ3) is 3.45. The summed E-state index contributed by atoms with van der Waals surface area (Å²) in [5, 5.41) is 5.05. The number of urea groups is 1. The second-order valence-electron chi connectivity index (χ2n) is 4.19. The minimum absolute atomic E-state index is 0.0827. The Labute approximate surface area is 110 Å². The number of aryl methyl sites for hydroxylation is 1. The Balaban J connectivity index is 2.05. The lowest BCUT2D eigenvalue weighted by Gasteiger charge is -2.09. The molecule has 0 atom stereocenters. The molecule has 0 saturated heterocycles. The molecule has 2 aromatic carbocycles. The molecule has 4 N–H and O–H groups in total. The smallest absolute Gasteiger partial charge is 0.323 e. The molecule has 0 unspecified atom stereocenters. The Morgan fingerprint density at radius 1 is 1.16 bits per heavy atom. The van der Waals surface area contributed by atoms with Gasteiger partial charge in [-0.05, 0) is 42.8 Å². The summed E-state index contributed by atoms with van der Waals surface area (Å²) < 4.78 is 13.5. The van der Waals surface area contributed by atoms with Crippen molar-refractivity contribution in [3.8, 4) is 0 Å². The van der Waals surface area contributed by atoms with Crippen LogP contribution in [0.25, 0.3) is 0 Å². The third-order valence-electron chi connectivity index (χ3n) is 2.52. The van der Waals surface area contributed by atoms with Crippen LogP contribution in [0.1, 0.15) is 5.56 Å². The summed E-state index contributed by atoms with van der Waals surface area (Å²) in [7, 11) is 0.